The molecule has 0 bridgehead atoms. The van der Waals surface area contributed by atoms with Gasteiger partial charge >= 0.3 is 0 Å². The number of rotatable bonds is 8. The molecule has 0 amide bonds. The van der Waals surface area contributed by atoms with Gasteiger partial charge in [0.2, 0.25) is 0 Å². The lowest BCUT2D eigenvalue weighted by Gasteiger charge is -2.32. The number of anilines is 1. The van der Waals surface area contributed by atoms with Crippen LogP contribution in [0.2, 0.25) is 0 Å². The fourth-order valence-electron chi connectivity index (χ4n) is 2.15. The number of oxime groups is 1. The Hall–Kier alpha value is -1.31. The largest absolute Gasteiger partial charge is 0.409 e. The first-order valence-electron chi connectivity index (χ1n) is 6.57. The predicted molar refractivity (Wildman–Crippen MR) is 87.2 cm³/mol. The quantitative estimate of drug-likeness (QED) is 0.321. The van der Waals surface area contributed by atoms with Crippen LogP contribution in [0.4, 0.5) is 5.69 Å². The molecule has 0 spiro atoms. The Morgan fingerprint density at radius 1 is 1.43 bits per heavy atom. The highest BCUT2D eigenvalue weighted by atomic mass is 79.9. The number of halogens is 1. The number of hydrogen-bond donors (Lipinski definition) is 2. The summed E-state index contributed by atoms with van der Waals surface area (Å²) in [5.41, 5.74) is 7.33. The first kappa shape index (κ1) is 17.7. The van der Waals surface area contributed by atoms with Crippen LogP contribution < -0.4 is 10.6 Å². The predicted octanol–water partition coefficient (Wildman–Crippen LogP) is 2.03. The highest BCUT2D eigenvalue weighted by Gasteiger charge is 2.21. The zero-order chi connectivity index (χ0) is 15.8. The standard InChI is InChI=1S/C14H22BrN3O3/c1-10(9-21-3)18(7-8-20-2)12-6-4-5-11(15)13(12)14(16)17-19/h4-6,10,19H,7-9H2,1-3H3,(H2,16,17). The average Bonchev–Trinajstić information content (AvgIpc) is 2.47. The molecule has 1 unspecified atom stereocenters. The van der Waals surface area contributed by atoms with Crippen LogP contribution in [0.25, 0.3) is 0 Å². The number of nitrogens with zero attached hydrogens (tertiary/aromatic N) is 2. The molecular formula is C14H22BrN3O3. The highest BCUT2D eigenvalue weighted by Crippen LogP contribution is 2.29. The minimum Gasteiger partial charge on any atom is -0.409 e. The topological polar surface area (TPSA) is 80.3 Å². The van der Waals surface area contributed by atoms with E-state index in [2.05, 4.69) is 32.9 Å². The van der Waals surface area contributed by atoms with Crippen molar-refractivity contribution in [1.29, 1.82) is 0 Å². The molecule has 0 fully saturated rings. The molecule has 0 aliphatic heterocycles. The van der Waals surface area contributed by atoms with E-state index in [9.17, 15) is 0 Å². The lowest BCUT2D eigenvalue weighted by Crippen LogP contribution is -2.40. The maximum Gasteiger partial charge on any atom is 0.173 e. The molecule has 1 aromatic carbocycles. The second-order valence-corrected chi connectivity index (χ2v) is 5.46. The van der Waals surface area contributed by atoms with E-state index in [4.69, 9.17) is 20.4 Å². The van der Waals surface area contributed by atoms with Gasteiger partial charge in [0.1, 0.15) is 0 Å². The molecule has 1 rings (SSSR count). The van der Waals surface area contributed by atoms with E-state index in [0.717, 1.165) is 10.2 Å². The van der Waals surface area contributed by atoms with Crippen molar-refractivity contribution in [3.63, 3.8) is 0 Å². The Bertz CT molecular complexity index is 483. The zero-order valence-corrected chi connectivity index (χ0v) is 14.1. The van der Waals surface area contributed by atoms with Crippen LogP contribution in [0.3, 0.4) is 0 Å². The smallest absolute Gasteiger partial charge is 0.173 e. The molecule has 1 aromatic rings. The fourth-order valence-corrected chi connectivity index (χ4v) is 2.71. The third-order valence-electron chi connectivity index (χ3n) is 3.14. The van der Waals surface area contributed by atoms with Crippen molar-refractivity contribution < 1.29 is 14.7 Å². The Morgan fingerprint density at radius 3 is 2.71 bits per heavy atom. The Kier molecular flexibility index (Phi) is 7.49. The van der Waals surface area contributed by atoms with Gasteiger partial charge in [-0.2, -0.15) is 0 Å². The maximum absolute atomic E-state index is 9.01. The van der Waals surface area contributed by atoms with E-state index in [-0.39, 0.29) is 11.9 Å². The van der Waals surface area contributed by atoms with Crippen molar-refractivity contribution in [3.05, 3.63) is 28.2 Å². The number of hydrogen-bond acceptors (Lipinski definition) is 5. The van der Waals surface area contributed by atoms with Crippen LogP contribution in [0.5, 0.6) is 0 Å². The van der Waals surface area contributed by atoms with Gasteiger partial charge in [-0.1, -0.05) is 11.2 Å². The minimum atomic E-state index is 0.0597. The monoisotopic (exact) mass is 359 g/mol. The van der Waals surface area contributed by atoms with Gasteiger partial charge in [-0.05, 0) is 35.0 Å². The summed E-state index contributed by atoms with van der Waals surface area (Å²) in [6.07, 6.45) is 0. The number of methoxy groups -OCH3 is 2. The molecular weight excluding hydrogens is 338 g/mol. The molecule has 0 aromatic heterocycles. The summed E-state index contributed by atoms with van der Waals surface area (Å²) in [4.78, 5) is 2.12. The summed E-state index contributed by atoms with van der Waals surface area (Å²) in [7, 11) is 3.32. The zero-order valence-electron chi connectivity index (χ0n) is 12.5. The molecule has 21 heavy (non-hydrogen) atoms. The number of nitrogens with two attached hydrogens (primary N) is 1. The number of amidine groups is 1. The first-order valence-corrected chi connectivity index (χ1v) is 7.37. The summed E-state index contributed by atoms with van der Waals surface area (Å²) in [5, 5.41) is 12.1. The van der Waals surface area contributed by atoms with Gasteiger partial charge in [0.25, 0.3) is 0 Å². The number of benzene rings is 1. The normalized spacial score (nSPS) is 13.2. The molecule has 0 radical (unpaired) electrons. The van der Waals surface area contributed by atoms with Crippen LogP contribution in [-0.4, -0.2) is 51.1 Å². The van der Waals surface area contributed by atoms with Crippen LogP contribution in [0.15, 0.2) is 27.8 Å². The van der Waals surface area contributed by atoms with Gasteiger partial charge in [0, 0.05) is 37.0 Å². The maximum atomic E-state index is 9.01. The van der Waals surface area contributed by atoms with Crippen molar-refractivity contribution in [2.75, 3.05) is 38.9 Å². The van der Waals surface area contributed by atoms with Gasteiger partial charge < -0.3 is 25.3 Å². The van der Waals surface area contributed by atoms with Crippen molar-refractivity contribution in [2.24, 2.45) is 10.9 Å². The second-order valence-electron chi connectivity index (χ2n) is 4.61. The summed E-state index contributed by atoms with van der Waals surface area (Å²) in [6, 6.07) is 5.81. The molecule has 3 N–H and O–H groups in total. The van der Waals surface area contributed by atoms with Gasteiger partial charge in [-0.25, -0.2) is 0 Å². The fraction of sp³-hybridized carbons (Fsp3) is 0.500. The van der Waals surface area contributed by atoms with Crippen molar-refractivity contribution in [3.8, 4) is 0 Å². The van der Waals surface area contributed by atoms with Gasteiger partial charge in [0.05, 0.1) is 18.8 Å². The van der Waals surface area contributed by atoms with Crippen LogP contribution >= 0.6 is 15.9 Å². The molecule has 0 saturated heterocycles. The Morgan fingerprint density at radius 2 is 2.14 bits per heavy atom. The molecule has 0 aliphatic rings. The third-order valence-corrected chi connectivity index (χ3v) is 3.80. The van der Waals surface area contributed by atoms with Crippen molar-refractivity contribution in [2.45, 2.75) is 13.0 Å². The van der Waals surface area contributed by atoms with Crippen molar-refractivity contribution >= 4 is 27.5 Å². The molecule has 118 valence electrons. The Balaban J connectivity index is 3.26. The number of ether oxygens (including phenoxy) is 2. The summed E-state index contributed by atoms with van der Waals surface area (Å²) in [6.45, 7) is 3.85. The van der Waals surface area contributed by atoms with E-state index in [1.807, 2.05) is 18.2 Å². The first-order chi connectivity index (χ1) is 10.1. The lowest BCUT2D eigenvalue weighted by molar-refractivity contribution is 0.171. The van der Waals surface area contributed by atoms with E-state index in [1.165, 1.54) is 0 Å². The average molecular weight is 360 g/mol. The molecule has 0 aliphatic carbocycles. The van der Waals surface area contributed by atoms with E-state index in [1.54, 1.807) is 14.2 Å². The van der Waals surface area contributed by atoms with Crippen LogP contribution in [-0.2, 0) is 9.47 Å². The SMILES string of the molecule is COCCN(c1cccc(Br)c1/C(N)=N/O)C(C)COC. The third kappa shape index (κ3) is 4.59. The van der Waals surface area contributed by atoms with Gasteiger partial charge in [-0.3, -0.25) is 0 Å². The molecule has 0 saturated carbocycles. The molecule has 1 atom stereocenters. The van der Waals surface area contributed by atoms with E-state index in [0.29, 0.717) is 25.3 Å². The van der Waals surface area contributed by atoms with E-state index < -0.39 is 0 Å². The highest BCUT2D eigenvalue weighted by molar-refractivity contribution is 9.10. The minimum absolute atomic E-state index is 0.0597. The summed E-state index contributed by atoms with van der Waals surface area (Å²) < 4.78 is 11.2. The van der Waals surface area contributed by atoms with E-state index >= 15 is 0 Å². The van der Waals surface area contributed by atoms with Crippen molar-refractivity contribution in [1.82, 2.24) is 0 Å². The van der Waals surface area contributed by atoms with Gasteiger partial charge in [0.15, 0.2) is 5.84 Å². The molecule has 7 heteroatoms. The van der Waals surface area contributed by atoms with Crippen LogP contribution in [0, 0.1) is 0 Å². The second kappa shape index (κ2) is 8.86. The molecule has 0 heterocycles. The molecule has 6 nitrogen and oxygen atoms in total. The van der Waals surface area contributed by atoms with Crippen LogP contribution in [0.1, 0.15) is 12.5 Å². The summed E-state index contributed by atoms with van der Waals surface area (Å²) in [5.74, 6) is 0.0597. The van der Waals surface area contributed by atoms with Gasteiger partial charge in [-0.15, -0.1) is 0 Å². The summed E-state index contributed by atoms with van der Waals surface area (Å²) >= 11 is 3.45. The Labute approximate surface area is 133 Å². The lowest BCUT2D eigenvalue weighted by atomic mass is 10.1.